The highest BCUT2D eigenvalue weighted by Crippen LogP contribution is 2.31. The molecule has 118 valence electrons. The minimum atomic E-state index is -3.65. The molecule has 0 aromatic heterocycles. The van der Waals surface area contributed by atoms with E-state index >= 15 is 0 Å². The number of nitrogens with two attached hydrogens (primary N) is 1. The SMILES string of the molecule is Cc1cc(F)cc(C)c1S(=O)(=O)N1CCCC(C)C1CN. The van der Waals surface area contributed by atoms with E-state index in [1.54, 1.807) is 13.8 Å². The number of aryl methyl sites for hydroxylation is 2. The van der Waals surface area contributed by atoms with Crippen molar-refractivity contribution in [1.29, 1.82) is 0 Å². The Morgan fingerprint density at radius 3 is 2.43 bits per heavy atom. The van der Waals surface area contributed by atoms with E-state index in [4.69, 9.17) is 5.73 Å². The second-order valence-electron chi connectivity index (χ2n) is 5.91. The van der Waals surface area contributed by atoms with Crippen LogP contribution in [-0.4, -0.2) is 31.9 Å². The van der Waals surface area contributed by atoms with Gasteiger partial charge in [-0.1, -0.05) is 6.92 Å². The third-order valence-corrected chi connectivity index (χ3v) is 6.53. The highest BCUT2D eigenvalue weighted by Gasteiger charge is 2.37. The summed E-state index contributed by atoms with van der Waals surface area (Å²) in [4.78, 5) is 0.219. The first-order valence-electron chi connectivity index (χ1n) is 7.27. The molecule has 0 saturated carbocycles. The largest absolute Gasteiger partial charge is 0.329 e. The van der Waals surface area contributed by atoms with E-state index in [9.17, 15) is 12.8 Å². The molecule has 0 radical (unpaired) electrons. The summed E-state index contributed by atoms with van der Waals surface area (Å²) in [6.45, 7) is 6.08. The van der Waals surface area contributed by atoms with Gasteiger partial charge in [0.1, 0.15) is 5.82 Å². The molecule has 2 unspecified atom stereocenters. The van der Waals surface area contributed by atoms with Crippen molar-refractivity contribution in [1.82, 2.24) is 4.31 Å². The zero-order valence-corrected chi connectivity index (χ0v) is 13.6. The Balaban J connectivity index is 2.51. The monoisotopic (exact) mass is 314 g/mol. The zero-order valence-electron chi connectivity index (χ0n) is 12.8. The fraction of sp³-hybridized carbons (Fsp3) is 0.600. The molecule has 0 spiro atoms. The Morgan fingerprint density at radius 2 is 1.90 bits per heavy atom. The first-order chi connectivity index (χ1) is 9.78. The molecule has 0 aliphatic carbocycles. The molecule has 4 nitrogen and oxygen atoms in total. The lowest BCUT2D eigenvalue weighted by molar-refractivity contribution is 0.192. The molecular weight excluding hydrogens is 291 g/mol. The van der Waals surface area contributed by atoms with Crippen molar-refractivity contribution in [2.45, 2.75) is 44.6 Å². The highest BCUT2D eigenvalue weighted by atomic mass is 32.2. The number of hydrogen-bond donors (Lipinski definition) is 1. The van der Waals surface area contributed by atoms with Crippen LogP contribution < -0.4 is 5.73 Å². The predicted molar refractivity (Wildman–Crippen MR) is 81.0 cm³/mol. The van der Waals surface area contributed by atoms with Crippen molar-refractivity contribution in [3.05, 3.63) is 29.1 Å². The van der Waals surface area contributed by atoms with Crippen molar-refractivity contribution in [3.63, 3.8) is 0 Å². The molecule has 1 saturated heterocycles. The maximum absolute atomic E-state index is 13.4. The van der Waals surface area contributed by atoms with E-state index in [2.05, 4.69) is 0 Å². The van der Waals surface area contributed by atoms with E-state index in [-0.39, 0.29) is 16.9 Å². The molecule has 1 aromatic carbocycles. The second kappa shape index (κ2) is 6.02. The number of sulfonamides is 1. The van der Waals surface area contributed by atoms with Gasteiger partial charge in [-0.15, -0.1) is 0 Å². The zero-order chi connectivity index (χ0) is 15.8. The van der Waals surface area contributed by atoms with Gasteiger partial charge in [-0.3, -0.25) is 0 Å². The molecule has 2 rings (SSSR count). The van der Waals surface area contributed by atoms with Gasteiger partial charge in [-0.2, -0.15) is 4.31 Å². The van der Waals surface area contributed by atoms with Crippen LogP contribution in [-0.2, 0) is 10.0 Å². The molecular formula is C15H23FN2O2S. The molecule has 2 N–H and O–H groups in total. The summed E-state index contributed by atoms with van der Waals surface area (Å²) < 4.78 is 40.9. The van der Waals surface area contributed by atoms with Gasteiger partial charge in [-0.25, -0.2) is 12.8 Å². The van der Waals surface area contributed by atoms with Gasteiger partial charge in [0.25, 0.3) is 0 Å². The minimum absolute atomic E-state index is 0.187. The summed E-state index contributed by atoms with van der Waals surface area (Å²) in [6, 6.07) is 2.35. The lowest BCUT2D eigenvalue weighted by Crippen LogP contribution is -2.51. The van der Waals surface area contributed by atoms with E-state index in [1.807, 2.05) is 6.92 Å². The number of halogens is 1. The molecule has 6 heteroatoms. The average Bonchev–Trinajstić information content (AvgIpc) is 2.36. The van der Waals surface area contributed by atoms with Crippen LogP contribution in [0.15, 0.2) is 17.0 Å². The first-order valence-corrected chi connectivity index (χ1v) is 8.71. The Bertz CT molecular complexity index is 608. The summed E-state index contributed by atoms with van der Waals surface area (Å²) in [7, 11) is -3.65. The summed E-state index contributed by atoms with van der Waals surface area (Å²) in [5.74, 6) is -0.175. The van der Waals surface area contributed by atoms with Gasteiger partial charge in [0.15, 0.2) is 0 Å². The van der Waals surface area contributed by atoms with Crippen molar-refractivity contribution < 1.29 is 12.8 Å². The third kappa shape index (κ3) is 2.98. The van der Waals surface area contributed by atoms with Crippen molar-refractivity contribution in [2.24, 2.45) is 11.7 Å². The molecule has 0 amide bonds. The number of nitrogens with zero attached hydrogens (tertiary/aromatic N) is 1. The molecule has 1 aliphatic heterocycles. The average molecular weight is 314 g/mol. The summed E-state index contributed by atoms with van der Waals surface area (Å²) in [5.41, 5.74) is 6.68. The van der Waals surface area contributed by atoms with Crippen molar-refractivity contribution in [2.75, 3.05) is 13.1 Å². The summed E-state index contributed by atoms with van der Waals surface area (Å²) in [5, 5.41) is 0. The minimum Gasteiger partial charge on any atom is -0.329 e. The lowest BCUT2D eigenvalue weighted by Gasteiger charge is -2.38. The number of benzene rings is 1. The first kappa shape index (κ1) is 16.4. The van der Waals surface area contributed by atoms with E-state index < -0.39 is 15.8 Å². The molecule has 0 bridgehead atoms. The molecule has 2 atom stereocenters. The van der Waals surface area contributed by atoms with Crippen LogP contribution in [0.4, 0.5) is 4.39 Å². The van der Waals surface area contributed by atoms with Crippen LogP contribution in [0.5, 0.6) is 0 Å². The fourth-order valence-electron chi connectivity index (χ4n) is 3.28. The van der Waals surface area contributed by atoms with Crippen LogP contribution in [0, 0.1) is 25.6 Å². The van der Waals surface area contributed by atoms with Gasteiger partial charge in [0, 0.05) is 19.1 Å². The molecule has 1 aromatic rings. The van der Waals surface area contributed by atoms with Crippen LogP contribution in [0.3, 0.4) is 0 Å². The standard InChI is InChI=1S/C15H23FN2O2S/c1-10-5-4-6-18(14(10)9-17)21(19,20)15-11(2)7-13(16)8-12(15)3/h7-8,10,14H,4-6,9,17H2,1-3H3. The predicted octanol–water partition coefficient (Wildman–Crippen LogP) is 2.19. The second-order valence-corrected chi connectivity index (χ2v) is 7.73. The van der Waals surface area contributed by atoms with Crippen molar-refractivity contribution in [3.8, 4) is 0 Å². The van der Waals surface area contributed by atoms with Crippen LogP contribution in [0.1, 0.15) is 30.9 Å². The van der Waals surface area contributed by atoms with Gasteiger partial charge in [-0.05, 0) is 55.9 Å². The number of piperidine rings is 1. The third-order valence-electron chi connectivity index (χ3n) is 4.30. The fourth-order valence-corrected chi connectivity index (χ4v) is 5.47. The van der Waals surface area contributed by atoms with Crippen LogP contribution in [0.25, 0.3) is 0 Å². The number of hydrogen-bond acceptors (Lipinski definition) is 3. The lowest BCUT2D eigenvalue weighted by atomic mass is 9.93. The van der Waals surface area contributed by atoms with Gasteiger partial charge >= 0.3 is 0 Å². The summed E-state index contributed by atoms with van der Waals surface area (Å²) >= 11 is 0. The topological polar surface area (TPSA) is 63.4 Å². The van der Waals surface area contributed by atoms with Crippen molar-refractivity contribution >= 4 is 10.0 Å². The van der Waals surface area contributed by atoms with E-state index in [0.717, 1.165) is 12.8 Å². The molecule has 1 fully saturated rings. The van der Waals surface area contributed by atoms with Gasteiger partial charge in [0.2, 0.25) is 10.0 Å². The molecule has 1 aliphatic rings. The normalized spacial score (nSPS) is 24.2. The maximum Gasteiger partial charge on any atom is 0.243 e. The Hall–Kier alpha value is -0.980. The highest BCUT2D eigenvalue weighted by molar-refractivity contribution is 7.89. The van der Waals surface area contributed by atoms with E-state index in [0.29, 0.717) is 24.2 Å². The Labute approximate surface area is 126 Å². The summed E-state index contributed by atoms with van der Waals surface area (Å²) in [6.07, 6.45) is 1.81. The smallest absolute Gasteiger partial charge is 0.243 e. The Morgan fingerprint density at radius 1 is 1.33 bits per heavy atom. The van der Waals surface area contributed by atoms with Crippen LogP contribution in [0.2, 0.25) is 0 Å². The Kier molecular flexibility index (Phi) is 4.70. The maximum atomic E-state index is 13.4. The van der Waals surface area contributed by atoms with Crippen LogP contribution >= 0.6 is 0 Å². The van der Waals surface area contributed by atoms with Gasteiger partial charge < -0.3 is 5.73 Å². The molecule has 21 heavy (non-hydrogen) atoms. The van der Waals surface area contributed by atoms with E-state index in [1.165, 1.54) is 16.4 Å². The number of rotatable bonds is 3. The quantitative estimate of drug-likeness (QED) is 0.930. The molecule has 1 heterocycles. The van der Waals surface area contributed by atoms with Gasteiger partial charge in [0.05, 0.1) is 4.90 Å².